The number of likely N-dealkylation sites (tertiary alicyclic amines) is 1. The van der Waals surface area contributed by atoms with Crippen LogP contribution in [0.4, 0.5) is 10.7 Å². The van der Waals surface area contributed by atoms with Gasteiger partial charge in [0.1, 0.15) is 6.61 Å². The average molecular weight is 481 g/mol. The maximum absolute atomic E-state index is 12.3. The largest absolute Gasteiger partial charge is 0.445 e. The van der Waals surface area contributed by atoms with E-state index in [4.69, 9.17) is 4.74 Å². The van der Waals surface area contributed by atoms with Crippen LogP contribution in [0.25, 0.3) is 11.1 Å². The standard InChI is InChI=1S/C25H28N4O4S/c1-34(31,32)23-9-7-21(8-10-23)22-16-27-24(28-17-22)26-15-19-11-13-29(14-12-19)25(30)33-18-20-5-3-2-4-6-20/h2-10,16-17,19H,11-15,18H2,1H3,(H,26,27,28). The van der Waals surface area contributed by atoms with Crippen LogP contribution in [0.15, 0.2) is 71.9 Å². The van der Waals surface area contributed by atoms with Gasteiger partial charge in [-0.05, 0) is 42.0 Å². The van der Waals surface area contributed by atoms with Gasteiger partial charge >= 0.3 is 6.09 Å². The topological polar surface area (TPSA) is 101 Å². The Morgan fingerprint density at radius 3 is 2.26 bits per heavy atom. The predicted octanol–water partition coefficient (Wildman–Crippen LogP) is 4.01. The van der Waals surface area contributed by atoms with Crippen molar-refractivity contribution in [2.24, 2.45) is 5.92 Å². The molecule has 0 radical (unpaired) electrons. The van der Waals surface area contributed by atoms with Crippen molar-refractivity contribution in [2.45, 2.75) is 24.3 Å². The van der Waals surface area contributed by atoms with Crippen molar-refractivity contribution in [2.75, 3.05) is 31.2 Å². The number of amides is 1. The second-order valence-electron chi connectivity index (χ2n) is 8.44. The number of nitrogens with zero attached hydrogens (tertiary/aromatic N) is 3. The number of rotatable bonds is 7. The lowest BCUT2D eigenvalue weighted by molar-refractivity contribution is 0.0832. The van der Waals surface area contributed by atoms with Crippen LogP contribution in [0.1, 0.15) is 18.4 Å². The maximum atomic E-state index is 12.3. The lowest BCUT2D eigenvalue weighted by atomic mass is 9.97. The first-order valence-electron chi connectivity index (χ1n) is 11.2. The van der Waals surface area contributed by atoms with Gasteiger partial charge in [0.15, 0.2) is 9.84 Å². The molecule has 1 aliphatic rings. The highest BCUT2D eigenvalue weighted by Gasteiger charge is 2.23. The molecule has 34 heavy (non-hydrogen) atoms. The van der Waals surface area contributed by atoms with E-state index in [2.05, 4.69) is 15.3 Å². The number of carbonyl (C=O) groups excluding carboxylic acids is 1. The number of benzene rings is 2. The molecule has 1 fully saturated rings. The summed E-state index contributed by atoms with van der Waals surface area (Å²) in [5, 5.41) is 3.28. The minimum Gasteiger partial charge on any atom is -0.445 e. The minimum absolute atomic E-state index is 0.265. The second kappa shape index (κ2) is 10.6. The molecule has 0 bridgehead atoms. The van der Waals surface area contributed by atoms with Crippen molar-refractivity contribution in [3.63, 3.8) is 0 Å². The molecule has 178 valence electrons. The number of ether oxygens (including phenoxy) is 1. The van der Waals surface area contributed by atoms with Crippen LogP contribution >= 0.6 is 0 Å². The third-order valence-electron chi connectivity index (χ3n) is 5.89. The number of hydrogen-bond donors (Lipinski definition) is 1. The first-order valence-corrected chi connectivity index (χ1v) is 13.1. The SMILES string of the molecule is CS(=O)(=O)c1ccc(-c2cnc(NCC3CCN(C(=O)OCc4ccccc4)CC3)nc2)cc1. The lowest BCUT2D eigenvalue weighted by Gasteiger charge is -2.31. The number of anilines is 1. The third-order valence-corrected chi connectivity index (χ3v) is 7.02. The molecule has 8 nitrogen and oxygen atoms in total. The van der Waals surface area contributed by atoms with E-state index in [9.17, 15) is 13.2 Å². The Labute approximate surface area is 199 Å². The van der Waals surface area contributed by atoms with Gasteiger partial charge in [0.05, 0.1) is 4.90 Å². The fourth-order valence-corrected chi connectivity index (χ4v) is 4.46. The summed E-state index contributed by atoms with van der Waals surface area (Å²) in [5.41, 5.74) is 2.64. The van der Waals surface area contributed by atoms with Gasteiger partial charge in [-0.25, -0.2) is 23.2 Å². The van der Waals surface area contributed by atoms with Crippen LogP contribution in [-0.2, 0) is 21.2 Å². The van der Waals surface area contributed by atoms with Crippen molar-refractivity contribution in [3.05, 3.63) is 72.6 Å². The van der Waals surface area contributed by atoms with Gasteiger partial charge in [-0.3, -0.25) is 0 Å². The molecule has 0 aliphatic carbocycles. The zero-order valence-corrected chi connectivity index (χ0v) is 19.9. The van der Waals surface area contributed by atoms with Gasteiger partial charge in [-0.2, -0.15) is 0 Å². The Balaban J connectivity index is 1.21. The third kappa shape index (κ3) is 6.32. The van der Waals surface area contributed by atoms with E-state index < -0.39 is 9.84 Å². The fraction of sp³-hybridized carbons (Fsp3) is 0.320. The molecule has 0 atom stereocenters. The maximum Gasteiger partial charge on any atom is 0.410 e. The summed E-state index contributed by atoms with van der Waals surface area (Å²) in [6.07, 6.45) is 6.13. The van der Waals surface area contributed by atoms with Crippen molar-refractivity contribution in [1.82, 2.24) is 14.9 Å². The molecule has 2 heterocycles. The van der Waals surface area contributed by atoms with Crippen LogP contribution in [0.3, 0.4) is 0 Å². The van der Waals surface area contributed by atoms with Crippen molar-refractivity contribution < 1.29 is 17.9 Å². The molecule has 0 spiro atoms. The monoisotopic (exact) mass is 480 g/mol. The normalized spacial score (nSPS) is 14.6. The lowest BCUT2D eigenvalue weighted by Crippen LogP contribution is -2.40. The first kappa shape index (κ1) is 23.7. The summed E-state index contributed by atoms with van der Waals surface area (Å²) in [6, 6.07) is 16.3. The molecular weight excluding hydrogens is 452 g/mol. The van der Waals surface area contributed by atoms with E-state index >= 15 is 0 Å². The molecule has 1 amide bonds. The number of carbonyl (C=O) groups is 1. The summed E-state index contributed by atoms with van der Waals surface area (Å²) in [4.78, 5) is 23.1. The van der Waals surface area contributed by atoms with Gasteiger partial charge in [0.2, 0.25) is 5.95 Å². The molecule has 3 aromatic rings. The van der Waals surface area contributed by atoms with Crippen LogP contribution < -0.4 is 5.32 Å². The highest BCUT2D eigenvalue weighted by Crippen LogP contribution is 2.22. The molecule has 0 saturated carbocycles. The van der Waals surface area contributed by atoms with Crippen LogP contribution in [0.5, 0.6) is 0 Å². The van der Waals surface area contributed by atoms with Gasteiger partial charge in [0, 0.05) is 43.8 Å². The Kier molecular flexibility index (Phi) is 7.42. The van der Waals surface area contributed by atoms with Crippen LogP contribution in [0.2, 0.25) is 0 Å². The summed E-state index contributed by atoms with van der Waals surface area (Å²) in [7, 11) is -3.22. The number of aromatic nitrogens is 2. The summed E-state index contributed by atoms with van der Waals surface area (Å²) < 4.78 is 28.6. The average Bonchev–Trinajstić information content (AvgIpc) is 2.87. The predicted molar refractivity (Wildman–Crippen MR) is 130 cm³/mol. The summed E-state index contributed by atoms with van der Waals surface area (Å²) >= 11 is 0. The molecule has 2 aromatic carbocycles. The van der Waals surface area contributed by atoms with E-state index in [0.717, 1.165) is 36.1 Å². The van der Waals surface area contributed by atoms with E-state index in [1.807, 2.05) is 30.3 Å². The van der Waals surface area contributed by atoms with Gasteiger partial charge < -0.3 is 15.0 Å². The van der Waals surface area contributed by atoms with Gasteiger partial charge in [-0.1, -0.05) is 42.5 Å². The molecule has 1 aliphatic heterocycles. The number of piperidine rings is 1. The fourth-order valence-electron chi connectivity index (χ4n) is 3.83. The second-order valence-corrected chi connectivity index (χ2v) is 10.5. The van der Waals surface area contributed by atoms with Gasteiger partial charge in [-0.15, -0.1) is 0 Å². The molecule has 0 unspecified atom stereocenters. The molecule has 9 heteroatoms. The van der Waals surface area contributed by atoms with Crippen molar-refractivity contribution in [1.29, 1.82) is 0 Å². The quantitative estimate of drug-likeness (QED) is 0.545. The zero-order valence-electron chi connectivity index (χ0n) is 19.1. The smallest absolute Gasteiger partial charge is 0.410 e. The molecule has 1 N–H and O–H groups in total. The van der Waals surface area contributed by atoms with Crippen molar-refractivity contribution in [3.8, 4) is 11.1 Å². The minimum atomic E-state index is -3.22. The molecule has 1 aromatic heterocycles. The molecular formula is C25H28N4O4S. The highest BCUT2D eigenvalue weighted by molar-refractivity contribution is 7.90. The number of sulfone groups is 1. The summed E-state index contributed by atoms with van der Waals surface area (Å²) in [5.74, 6) is 0.964. The Morgan fingerprint density at radius 2 is 1.65 bits per heavy atom. The van der Waals surface area contributed by atoms with Crippen LogP contribution in [-0.4, -0.2) is 55.3 Å². The Bertz CT molecular complexity index is 1190. The highest BCUT2D eigenvalue weighted by atomic mass is 32.2. The van der Waals surface area contributed by atoms with E-state index in [0.29, 0.717) is 25.0 Å². The van der Waals surface area contributed by atoms with Gasteiger partial charge in [0.25, 0.3) is 0 Å². The van der Waals surface area contributed by atoms with E-state index in [1.54, 1.807) is 41.6 Å². The van der Waals surface area contributed by atoms with E-state index in [1.165, 1.54) is 6.26 Å². The van der Waals surface area contributed by atoms with Crippen LogP contribution in [0, 0.1) is 5.92 Å². The molecule has 1 saturated heterocycles. The van der Waals surface area contributed by atoms with E-state index in [-0.39, 0.29) is 17.6 Å². The first-order chi connectivity index (χ1) is 16.4. The Hall–Kier alpha value is -3.46. The molecule has 4 rings (SSSR count). The number of hydrogen-bond acceptors (Lipinski definition) is 7. The zero-order chi connectivity index (χ0) is 24.0. The summed E-state index contributed by atoms with van der Waals surface area (Å²) in [6.45, 7) is 2.36. The number of nitrogens with one attached hydrogen (secondary N) is 1. The Morgan fingerprint density at radius 1 is 1.00 bits per heavy atom. The van der Waals surface area contributed by atoms with Crippen molar-refractivity contribution >= 4 is 21.9 Å².